The lowest BCUT2D eigenvalue weighted by molar-refractivity contribution is -0.113. The van der Waals surface area contributed by atoms with E-state index < -0.39 is 0 Å². The molecule has 1 aliphatic carbocycles. The van der Waals surface area contributed by atoms with Crippen LogP contribution in [0.5, 0.6) is 0 Å². The number of hydrogen-bond acceptors (Lipinski definition) is 3. The topological polar surface area (TPSA) is 115 Å². The van der Waals surface area contributed by atoms with Crippen molar-refractivity contribution in [2.24, 2.45) is 21.6 Å². The summed E-state index contributed by atoms with van der Waals surface area (Å²) in [5.74, 6) is 0.381. The Morgan fingerprint density at radius 3 is 1.52 bits per heavy atom. The Morgan fingerprint density at radius 2 is 1.19 bits per heavy atom. The van der Waals surface area contributed by atoms with Crippen molar-refractivity contribution in [2.75, 3.05) is 0 Å². The number of rotatable bonds is 4. The molecule has 2 aromatic rings. The number of ketones is 1. The van der Waals surface area contributed by atoms with Gasteiger partial charge >= 0.3 is 0 Å². The van der Waals surface area contributed by atoms with Crippen LogP contribution in [0.1, 0.15) is 44.7 Å². The normalized spacial score (nSPS) is 19.1. The molecular formula is C24H24N6O. The van der Waals surface area contributed by atoms with Crippen LogP contribution in [0.2, 0.25) is 0 Å². The van der Waals surface area contributed by atoms with Crippen LogP contribution in [0.25, 0.3) is 33.0 Å². The van der Waals surface area contributed by atoms with Crippen molar-refractivity contribution in [1.82, 2.24) is 0 Å². The summed E-state index contributed by atoms with van der Waals surface area (Å²) < 4.78 is 0. The Morgan fingerprint density at radius 1 is 0.806 bits per heavy atom. The molecule has 0 spiro atoms. The number of hydrogen-bond donors (Lipinski definition) is 0. The Balaban J connectivity index is 1.96. The minimum Gasteiger partial charge on any atom is -0.289 e. The quantitative estimate of drug-likeness (QED) is 0.215. The first-order valence-electron chi connectivity index (χ1n) is 10.1. The molecule has 31 heavy (non-hydrogen) atoms. The molecule has 0 atom stereocenters. The van der Waals surface area contributed by atoms with Crippen molar-refractivity contribution >= 4 is 29.3 Å². The Hall–Kier alpha value is -3.79. The van der Waals surface area contributed by atoms with E-state index in [4.69, 9.17) is 11.1 Å². The largest absolute Gasteiger partial charge is 0.289 e. The van der Waals surface area contributed by atoms with Crippen molar-refractivity contribution in [1.29, 1.82) is 0 Å². The summed E-state index contributed by atoms with van der Waals surface area (Å²) >= 11 is 0. The van der Waals surface area contributed by atoms with Gasteiger partial charge < -0.3 is 0 Å². The molecule has 3 rings (SSSR count). The van der Waals surface area contributed by atoms with E-state index in [2.05, 4.69) is 40.8 Å². The first kappa shape index (κ1) is 21.9. The fourth-order valence-electron chi connectivity index (χ4n) is 3.64. The van der Waals surface area contributed by atoms with Crippen LogP contribution in [0, 0.1) is 11.3 Å². The third-order valence-electron chi connectivity index (χ3n) is 5.53. The maximum absolute atomic E-state index is 13.3. The van der Waals surface area contributed by atoms with Crippen LogP contribution in [-0.2, 0) is 4.79 Å². The van der Waals surface area contributed by atoms with E-state index in [1.165, 1.54) is 0 Å². The summed E-state index contributed by atoms with van der Waals surface area (Å²) in [4.78, 5) is 18.9. The molecular weight excluding hydrogens is 388 g/mol. The van der Waals surface area contributed by atoms with Gasteiger partial charge in [-0.15, -0.1) is 0 Å². The van der Waals surface area contributed by atoms with Crippen LogP contribution in [0.15, 0.2) is 69.9 Å². The van der Waals surface area contributed by atoms with Crippen molar-refractivity contribution in [3.63, 3.8) is 0 Å². The van der Waals surface area contributed by atoms with Gasteiger partial charge in [0.25, 0.3) is 0 Å². The molecule has 156 valence electrons. The van der Waals surface area contributed by atoms with Crippen molar-refractivity contribution in [3.8, 4) is 0 Å². The molecule has 0 aliphatic heterocycles. The Labute approximate surface area is 181 Å². The maximum atomic E-state index is 13.3. The van der Waals surface area contributed by atoms with Crippen LogP contribution in [0.4, 0.5) is 11.4 Å². The highest BCUT2D eigenvalue weighted by molar-refractivity contribution is 6.14. The molecule has 0 radical (unpaired) electrons. The second-order valence-electron chi connectivity index (χ2n) is 8.70. The van der Waals surface area contributed by atoms with Crippen LogP contribution < -0.4 is 0 Å². The second-order valence-corrected chi connectivity index (χ2v) is 8.70. The molecule has 1 aliphatic rings. The maximum Gasteiger partial charge on any atom is 0.185 e. The summed E-state index contributed by atoms with van der Waals surface area (Å²) in [6.07, 6.45) is 5.29. The fraction of sp³-hybridized carbons (Fsp3) is 0.292. The summed E-state index contributed by atoms with van der Waals surface area (Å²) in [7, 11) is 0. The zero-order chi connectivity index (χ0) is 22.4. The number of allylic oxidation sites excluding steroid dienone is 2. The zero-order valence-electron chi connectivity index (χ0n) is 17.9. The zero-order valence-corrected chi connectivity index (χ0v) is 17.9. The van der Waals surface area contributed by atoms with Crippen molar-refractivity contribution < 1.29 is 4.79 Å². The fourth-order valence-corrected chi connectivity index (χ4v) is 3.64. The monoisotopic (exact) mass is 412 g/mol. The number of azide groups is 2. The lowest BCUT2D eigenvalue weighted by Crippen LogP contribution is -2.29. The van der Waals surface area contributed by atoms with E-state index >= 15 is 0 Å². The highest BCUT2D eigenvalue weighted by Gasteiger charge is 2.34. The molecule has 0 N–H and O–H groups in total. The summed E-state index contributed by atoms with van der Waals surface area (Å²) in [6.45, 7) is 6.60. The Bertz CT molecular complexity index is 1040. The van der Waals surface area contributed by atoms with Gasteiger partial charge in [-0.2, -0.15) is 0 Å². The van der Waals surface area contributed by atoms with Gasteiger partial charge in [0, 0.05) is 32.3 Å². The molecule has 2 aromatic carbocycles. The molecule has 0 saturated heterocycles. The van der Waals surface area contributed by atoms with Gasteiger partial charge in [0.15, 0.2) is 5.78 Å². The number of carbonyl (C=O) groups is 1. The van der Waals surface area contributed by atoms with Gasteiger partial charge in [-0.25, -0.2) is 0 Å². The first-order valence-corrected chi connectivity index (χ1v) is 10.1. The van der Waals surface area contributed by atoms with Gasteiger partial charge in [0.2, 0.25) is 0 Å². The van der Waals surface area contributed by atoms with Gasteiger partial charge in [-0.05, 0) is 58.5 Å². The van der Waals surface area contributed by atoms with Gasteiger partial charge in [0.1, 0.15) is 0 Å². The van der Waals surface area contributed by atoms with E-state index in [1.54, 1.807) is 24.3 Å². The average Bonchev–Trinajstić information content (AvgIpc) is 2.73. The molecule has 0 unspecified atom stereocenters. The van der Waals surface area contributed by atoms with E-state index in [0.717, 1.165) is 22.3 Å². The van der Waals surface area contributed by atoms with Crippen molar-refractivity contribution in [3.05, 3.63) is 91.7 Å². The SMILES string of the molecule is CC(C)(C)C1CC(=Cc2ccc(N=[N+]=[N-])cc2)C(=O)C(=Cc2ccc(N=[N+]=[N-])cc2)C1. The third kappa shape index (κ3) is 5.64. The van der Waals surface area contributed by atoms with E-state index in [1.807, 2.05) is 36.4 Å². The number of nitrogens with zero attached hydrogens (tertiary/aromatic N) is 6. The summed E-state index contributed by atoms with van der Waals surface area (Å²) in [6, 6.07) is 14.4. The highest BCUT2D eigenvalue weighted by atomic mass is 16.1. The minimum absolute atomic E-state index is 0.0512. The Kier molecular flexibility index (Phi) is 6.61. The van der Waals surface area contributed by atoms with Gasteiger partial charge in [-0.3, -0.25) is 4.79 Å². The molecule has 0 heterocycles. The predicted molar refractivity (Wildman–Crippen MR) is 124 cm³/mol. The molecule has 0 bridgehead atoms. The van der Waals surface area contributed by atoms with Crippen LogP contribution in [-0.4, -0.2) is 5.78 Å². The van der Waals surface area contributed by atoms with E-state index in [0.29, 0.717) is 30.1 Å². The number of benzene rings is 2. The van der Waals surface area contributed by atoms with E-state index in [-0.39, 0.29) is 11.2 Å². The lowest BCUT2D eigenvalue weighted by Gasteiger charge is -2.35. The van der Waals surface area contributed by atoms with Crippen LogP contribution in [0.3, 0.4) is 0 Å². The minimum atomic E-state index is 0.0512. The van der Waals surface area contributed by atoms with Gasteiger partial charge in [0.05, 0.1) is 0 Å². The smallest absolute Gasteiger partial charge is 0.185 e. The molecule has 0 aromatic heterocycles. The molecule has 1 saturated carbocycles. The molecule has 7 heteroatoms. The lowest BCUT2D eigenvalue weighted by atomic mass is 9.68. The molecule has 7 nitrogen and oxygen atoms in total. The van der Waals surface area contributed by atoms with Crippen LogP contribution >= 0.6 is 0 Å². The number of carbonyl (C=O) groups excluding carboxylic acids is 1. The first-order chi connectivity index (χ1) is 14.8. The predicted octanol–water partition coefficient (Wildman–Crippen LogP) is 8.06. The van der Waals surface area contributed by atoms with Crippen molar-refractivity contribution in [2.45, 2.75) is 33.6 Å². The highest BCUT2D eigenvalue weighted by Crippen LogP contribution is 2.42. The van der Waals surface area contributed by atoms with Gasteiger partial charge in [-0.1, -0.05) is 79.5 Å². The third-order valence-corrected chi connectivity index (χ3v) is 5.53. The molecule has 1 fully saturated rings. The number of Topliss-reactive ketones (excluding diaryl/α,β-unsaturated/α-hetero) is 1. The summed E-state index contributed by atoms with van der Waals surface area (Å²) in [5, 5.41) is 7.18. The summed E-state index contributed by atoms with van der Waals surface area (Å²) in [5.41, 5.74) is 21.6. The standard InChI is InChI=1S/C24H24N6O/c1-24(2,3)20-14-18(12-16-4-8-21(9-5-16)27-29-25)23(31)19(15-20)13-17-6-10-22(11-7-17)28-30-26/h4-13,20H,14-15H2,1-3H3. The second kappa shape index (κ2) is 9.35. The van der Waals surface area contributed by atoms with E-state index in [9.17, 15) is 4.79 Å². The molecule has 0 amide bonds. The average molecular weight is 412 g/mol.